The topological polar surface area (TPSA) is 48.4 Å². The van der Waals surface area contributed by atoms with Gasteiger partial charge >= 0.3 is 0 Å². The fraction of sp³-hybridized carbons (Fsp3) is 0.609. The van der Waals surface area contributed by atoms with E-state index >= 15 is 0 Å². The first-order chi connectivity index (χ1) is 13.3. The molecule has 1 aliphatic carbocycles. The maximum absolute atomic E-state index is 4.56. The molecule has 0 unspecified atom stereocenters. The predicted molar refractivity (Wildman–Crippen MR) is 115 cm³/mol. The molecule has 0 radical (unpaired) electrons. The van der Waals surface area contributed by atoms with Crippen molar-refractivity contribution in [1.29, 1.82) is 0 Å². The van der Waals surface area contributed by atoms with Crippen LogP contribution in [0.2, 0.25) is 0 Å². The third kappa shape index (κ3) is 7.47. The lowest BCUT2D eigenvalue weighted by molar-refractivity contribution is 0.371. The Labute approximate surface area is 164 Å². The summed E-state index contributed by atoms with van der Waals surface area (Å²) in [6.07, 6.45) is 12.5. The van der Waals surface area contributed by atoms with Crippen molar-refractivity contribution in [3.05, 3.63) is 47.2 Å². The van der Waals surface area contributed by atoms with Crippen LogP contribution in [0.15, 0.2) is 41.0 Å². The van der Waals surface area contributed by atoms with E-state index in [9.17, 15) is 0 Å². The van der Waals surface area contributed by atoms with Gasteiger partial charge in [0, 0.05) is 31.2 Å². The van der Waals surface area contributed by atoms with E-state index in [1.54, 1.807) is 0 Å². The highest BCUT2D eigenvalue weighted by atomic mass is 15.0. The number of allylic oxidation sites excluding steroid dienone is 2. The van der Waals surface area contributed by atoms with Gasteiger partial charge in [-0.3, -0.25) is 0 Å². The number of hydrogen-bond donors (Lipinski definition) is 3. The average Bonchev–Trinajstić information content (AvgIpc) is 2.71. The van der Waals surface area contributed by atoms with Gasteiger partial charge in [-0.1, -0.05) is 49.6 Å². The Morgan fingerprint density at radius 3 is 2.44 bits per heavy atom. The summed E-state index contributed by atoms with van der Waals surface area (Å²) in [6.45, 7) is 6.09. The summed E-state index contributed by atoms with van der Waals surface area (Å²) < 4.78 is 0. The van der Waals surface area contributed by atoms with Crippen LogP contribution in [0.4, 0.5) is 0 Å². The maximum atomic E-state index is 4.56. The van der Waals surface area contributed by atoms with Crippen molar-refractivity contribution < 1.29 is 0 Å². The van der Waals surface area contributed by atoms with Crippen LogP contribution >= 0.6 is 0 Å². The van der Waals surface area contributed by atoms with Crippen LogP contribution in [0.25, 0.3) is 0 Å². The highest BCUT2D eigenvalue weighted by Gasteiger charge is 2.11. The molecule has 0 amide bonds. The van der Waals surface area contributed by atoms with Gasteiger partial charge in [-0.2, -0.15) is 0 Å². The van der Waals surface area contributed by atoms with E-state index in [1.165, 1.54) is 49.7 Å². The number of rotatable bonds is 9. The van der Waals surface area contributed by atoms with Gasteiger partial charge in [0.25, 0.3) is 0 Å². The molecule has 2 aliphatic rings. The number of nitrogens with one attached hydrogen (secondary N) is 3. The summed E-state index contributed by atoms with van der Waals surface area (Å²) >= 11 is 0. The number of benzene rings is 1. The second kappa shape index (κ2) is 11.3. The molecule has 1 heterocycles. The minimum atomic E-state index is 0.777. The number of aliphatic imine (C=N–C) groups is 1. The fourth-order valence-corrected chi connectivity index (χ4v) is 3.90. The minimum Gasteiger partial charge on any atom is -0.369 e. The Morgan fingerprint density at radius 1 is 0.963 bits per heavy atom. The van der Waals surface area contributed by atoms with Gasteiger partial charge in [-0.05, 0) is 56.8 Å². The first-order valence-corrected chi connectivity index (χ1v) is 10.8. The predicted octanol–water partition coefficient (Wildman–Crippen LogP) is 4.27. The van der Waals surface area contributed by atoms with E-state index in [0.29, 0.717) is 0 Å². The first kappa shape index (κ1) is 20.1. The summed E-state index contributed by atoms with van der Waals surface area (Å²) in [7, 11) is 0. The molecule has 1 aliphatic heterocycles. The molecule has 27 heavy (non-hydrogen) atoms. The van der Waals surface area contributed by atoms with Crippen molar-refractivity contribution in [2.24, 2.45) is 4.99 Å². The minimum absolute atomic E-state index is 0.777. The molecular formula is C23H36N4. The lowest BCUT2D eigenvalue weighted by atomic mass is 9.95. The van der Waals surface area contributed by atoms with Crippen molar-refractivity contribution in [2.75, 3.05) is 13.1 Å². The second-order valence-corrected chi connectivity index (χ2v) is 7.93. The molecule has 0 atom stereocenters. The average molecular weight is 369 g/mol. The quantitative estimate of drug-likeness (QED) is 0.570. The van der Waals surface area contributed by atoms with Gasteiger partial charge in [0.05, 0.1) is 0 Å². The monoisotopic (exact) mass is 368 g/mol. The van der Waals surface area contributed by atoms with E-state index < -0.39 is 0 Å². The summed E-state index contributed by atoms with van der Waals surface area (Å²) in [5.74, 6) is 1.11. The standard InChI is InChI=1S/C23H36N4/c1-19-7-5-10-23(27-19)26-18-21-13-11-20(12-14-21)17-24-15-6-16-25-22-8-3-2-4-9-22/h7,11-14,22,24-25H,2-6,8-10,15-18H2,1H3,(H,26,27). The number of nitrogens with zero attached hydrogens (tertiary/aromatic N) is 1. The molecule has 1 saturated carbocycles. The van der Waals surface area contributed by atoms with Gasteiger partial charge in [0.2, 0.25) is 0 Å². The Morgan fingerprint density at radius 2 is 1.70 bits per heavy atom. The van der Waals surface area contributed by atoms with E-state index in [2.05, 4.69) is 58.2 Å². The fourth-order valence-electron chi connectivity index (χ4n) is 3.90. The molecule has 3 N–H and O–H groups in total. The molecule has 1 aromatic carbocycles. The van der Waals surface area contributed by atoms with E-state index in [4.69, 9.17) is 0 Å². The van der Waals surface area contributed by atoms with Gasteiger partial charge in [0.15, 0.2) is 0 Å². The Balaban J connectivity index is 1.27. The number of hydrogen-bond acceptors (Lipinski definition) is 4. The van der Waals surface area contributed by atoms with Crippen LogP contribution in [-0.2, 0) is 13.1 Å². The third-order valence-corrected chi connectivity index (χ3v) is 5.55. The van der Waals surface area contributed by atoms with Crippen LogP contribution < -0.4 is 16.0 Å². The zero-order valence-corrected chi connectivity index (χ0v) is 16.9. The molecule has 1 aromatic rings. The van der Waals surface area contributed by atoms with Crippen LogP contribution in [0.5, 0.6) is 0 Å². The first-order valence-electron chi connectivity index (χ1n) is 10.8. The summed E-state index contributed by atoms with van der Waals surface area (Å²) in [4.78, 5) is 4.56. The van der Waals surface area contributed by atoms with Gasteiger partial charge in [-0.15, -0.1) is 0 Å². The largest absolute Gasteiger partial charge is 0.369 e. The highest BCUT2D eigenvalue weighted by molar-refractivity contribution is 5.83. The zero-order valence-electron chi connectivity index (χ0n) is 16.9. The molecule has 0 bridgehead atoms. The summed E-state index contributed by atoms with van der Waals surface area (Å²) in [5, 5.41) is 10.7. The van der Waals surface area contributed by atoms with Crippen molar-refractivity contribution in [2.45, 2.75) is 77.4 Å². The van der Waals surface area contributed by atoms with Crippen LogP contribution in [-0.4, -0.2) is 25.0 Å². The molecule has 0 aromatic heterocycles. The summed E-state index contributed by atoms with van der Waals surface area (Å²) in [5.41, 5.74) is 3.79. The molecule has 4 nitrogen and oxygen atoms in total. The van der Waals surface area contributed by atoms with E-state index in [1.807, 2.05) is 0 Å². The second-order valence-electron chi connectivity index (χ2n) is 7.93. The van der Waals surface area contributed by atoms with E-state index in [-0.39, 0.29) is 0 Å². The normalized spacial score (nSPS) is 18.1. The lowest BCUT2D eigenvalue weighted by Gasteiger charge is -2.22. The SMILES string of the molecule is CC1=CCCC(NCc2ccc(CNCCCNC3CCCCC3)cc2)=N1. The van der Waals surface area contributed by atoms with Crippen molar-refractivity contribution in [3.63, 3.8) is 0 Å². The molecule has 3 rings (SSSR count). The van der Waals surface area contributed by atoms with Crippen molar-refractivity contribution in [1.82, 2.24) is 16.0 Å². The van der Waals surface area contributed by atoms with Gasteiger partial charge in [0.1, 0.15) is 5.84 Å². The lowest BCUT2D eigenvalue weighted by Crippen LogP contribution is -2.33. The Hall–Kier alpha value is -1.65. The smallest absolute Gasteiger partial charge is 0.102 e. The molecule has 0 saturated heterocycles. The van der Waals surface area contributed by atoms with E-state index in [0.717, 1.165) is 56.6 Å². The molecular weight excluding hydrogens is 332 g/mol. The van der Waals surface area contributed by atoms with Crippen molar-refractivity contribution >= 4 is 5.84 Å². The molecule has 1 fully saturated rings. The van der Waals surface area contributed by atoms with Crippen LogP contribution in [0, 0.1) is 0 Å². The molecule has 4 heteroatoms. The molecule has 148 valence electrons. The summed E-state index contributed by atoms with van der Waals surface area (Å²) in [6, 6.07) is 9.69. The third-order valence-electron chi connectivity index (χ3n) is 5.55. The highest BCUT2D eigenvalue weighted by Crippen LogP contribution is 2.17. The Bertz CT molecular complexity index is 612. The molecule has 0 spiro atoms. The Kier molecular flexibility index (Phi) is 8.37. The van der Waals surface area contributed by atoms with Crippen LogP contribution in [0.1, 0.15) is 69.4 Å². The van der Waals surface area contributed by atoms with Gasteiger partial charge in [-0.25, -0.2) is 4.99 Å². The maximum Gasteiger partial charge on any atom is 0.102 e. The number of amidine groups is 1. The van der Waals surface area contributed by atoms with Gasteiger partial charge < -0.3 is 16.0 Å². The zero-order chi connectivity index (χ0) is 18.7. The van der Waals surface area contributed by atoms with Crippen molar-refractivity contribution in [3.8, 4) is 0 Å². The van der Waals surface area contributed by atoms with Crippen LogP contribution in [0.3, 0.4) is 0 Å².